The van der Waals surface area contributed by atoms with Crippen LogP contribution in [0.3, 0.4) is 0 Å². The smallest absolute Gasteiger partial charge is 0.254 e. The van der Waals surface area contributed by atoms with E-state index in [0.29, 0.717) is 22.2 Å². The van der Waals surface area contributed by atoms with Crippen molar-refractivity contribution in [2.24, 2.45) is 0 Å². The van der Waals surface area contributed by atoms with Gasteiger partial charge in [-0.15, -0.1) is 6.42 Å². The van der Waals surface area contributed by atoms with E-state index in [-0.39, 0.29) is 18.0 Å². The van der Waals surface area contributed by atoms with Gasteiger partial charge in [0.15, 0.2) is 0 Å². The van der Waals surface area contributed by atoms with Crippen molar-refractivity contribution in [1.82, 2.24) is 24.8 Å². The molecule has 0 spiro atoms. The Kier molecular flexibility index (Phi) is 6.25. The van der Waals surface area contributed by atoms with Crippen LogP contribution >= 0.6 is 0 Å². The summed E-state index contributed by atoms with van der Waals surface area (Å²) in [6.45, 7) is 1.44. The molecular weight excluding hydrogens is 500 g/mol. The van der Waals surface area contributed by atoms with E-state index in [4.69, 9.17) is 16.8 Å². The number of rotatable bonds is 6. The fourth-order valence-corrected chi connectivity index (χ4v) is 5.66. The molecule has 3 aliphatic rings. The Labute approximate surface area is 231 Å². The third-order valence-electron chi connectivity index (χ3n) is 7.63. The minimum atomic E-state index is 0.0439. The van der Waals surface area contributed by atoms with E-state index in [2.05, 4.69) is 27.3 Å². The second-order valence-corrected chi connectivity index (χ2v) is 9.93. The van der Waals surface area contributed by atoms with Crippen LogP contribution in [0.4, 0.5) is 5.82 Å². The minimum absolute atomic E-state index is 0.0439. The lowest BCUT2D eigenvalue weighted by atomic mass is 9.86. The summed E-state index contributed by atoms with van der Waals surface area (Å²) >= 11 is 0. The monoisotopic (exact) mass is 526 g/mol. The van der Waals surface area contributed by atoms with Gasteiger partial charge in [-0.25, -0.2) is 9.50 Å². The third kappa shape index (κ3) is 4.14. The lowest BCUT2D eigenvalue weighted by molar-refractivity contribution is 0.00577. The number of benzene rings is 1. The molecule has 2 N–H and O–H groups in total. The molecule has 3 aromatic heterocycles. The predicted octanol–water partition coefficient (Wildman–Crippen LogP) is 3.56. The zero-order valence-electron chi connectivity index (χ0n) is 21.9. The molecule has 4 aromatic rings. The summed E-state index contributed by atoms with van der Waals surface area (Å²) in [5.74, 6) is 3.48. The van der Waals surface area contributed by atoms with E-state index >= 15 is 0 Å². The molecule has 2 unspecified atom stereocenters. The molecular formula is C31H26N8O. The van der Waals surface area contributed by atoms with Crippen molar-refractivity contribution in [3.8, 4) is 29.5 Å². The summed E-state index contributed by atoms with van der Waals surface area (Å²) in [7, 11) is 1.78. The van der Waals surface area contributed by atoms with E-state index in [1.165, 1.54) is 6.21 Å². The number of anilines is 1. The van der Waals surface area contributed by atoms with Gasteiger partial charge < -0.3 is 20.5 Å². The highest BCUT2D eigenvalue weighted by Gasteiger charge is 2.47. The zero-order chi connectivity index (χ0) is 27.8. The van der Waals surface area contributed by atoms with Gasteiger partial charge in [0.25, 0.3) is 5.91 Å². The van der Waals surface area contributed by atoms with Crippen molar-refractivity contribution in [1.29, 1.82) is 10.7 Å². The Morgan fingerprint density at radius 3 is 2.55 bits per heavy atom. The molecule has 0 aliphatic carbocycles. The number of hydrogen-bond acceptors (Lipinski definition) is 7. The summed E-state index contributed by atoms with van der Waals surface area (Å²) in [4.78, 5) is 22.1. The summed E-state index contributed by atoms with van der Waals surface area (Å²) in [5, 5.41) is 24.9. The molecule has 40 heavy (non-hydrogen) atoms. The number of piperazine rings is 1. The molecule has 3 saturated heterocycles. The van der Waals surface area contributed by atoms with E-state index in [0.717, 1.165) is 47.6 Å². The number of nitriles is 1. The van der Waals surface area contributed by atoms with Crippen molar-refractivity contribution in [3.05, 3.63) is 89.5 Å². The number of piperidine rings is 1. The summed E-state index contributed by atoms with van der Waals surface area (Å²) in [6, 6.07) is 15.6. The molecule has 0 saturated carbocycles. The standard InChI is InChI=1S/C31H26N8O/c1-3-20-4-6-21(7-5-20)31(40)39-26-11-27(39)19-37(18-26)29-9-8-22(15-35-29)28-10-23(24(12-32)14-34-2)17-38-30(28)25(13-33)16-36-38/h1,4-10,12,14-17,26-27,32,34H,11,18-19H2,2H3/b24-14+,32-12?. The molecule has 1 amide bonds. The van der Waals surface area contributed by atoms with Crippen LogP contribution in [-0.2, 0) is 0 Å². The van der Waals surface area contributed by atoms with Gasteiger partial charge in [0.2, 0.25) is 0 Å². The van der Waals surface area contributed by atoms with Crippen molar-refractivity contribution < 1.29 is 4.79 Å². The predicted molar refractivity (Wildman–Crippen MR) is 154 cm³/mol. The first-order chi connectivity index (χ1) is 19.5. The number of allylic oxidation sites excluding steroid dienone is 1. The van der Waals surface area contributed by atoms with Gasteiger partial charge in [-0.05, 0) is 48.9 Å². The van der Waals surface area contributed by atoms with Crippen LogP contribution in [0.2, 0.25) is 0 Å². The highest BCUT2D eigenvalue weighted by molar-refractivity contribution is 6.09. The minimum Gasteiger partial charge on any atom is -0.393 e. The molecule has 2 atom stereocenters. The largest absolute Gasteiger partial charge is 0.393 e. The first-order valence-corrected chi connectivity index (χ1v) is 12.9. The number of carbonyl (C=O) groups excluding carboxylic acids is 1. The van der Waals surface area contributed by atoms with Crippen molar-refractivity contribution >= 4 is 29.0 Å². The first-order valence-electron chi connectivity index (χ1n) is 12.9. The molecule has 0 radical (unpaired) electrons. The fraction of sp³-hybridized carbons (Fsp3) is 0.194. The molecule has 9 nitrogen and oxygen atoms in total. The molecule has 9 heteroatoms. The average molecular weight is 527 g/mol. The quantitative estimate of drug-likeness (QED) is 0.293. The van der Waals surface area contributed by atoms with Crippen LogP contribution in [0.1, 0.15) is 33.5 Å². The van der Waals surface area contributed by atoms with Crippen LogP contribution in [0.15, 0.2) is 67.3 Å². The van der Waals surface area contributed by atoms with Gasteiger partial charge in [-0.3, -0.25) is 4.79 Å². The number of terminal acetylenes is 1. The van der Waals surface area contributed by atoms with E-state index in [1.54, 1.807) is 48.2 Å². The number of amides is 1. The molecule has 3 fully saturated rings. The number of aromatic nitrogens is 3. The number of carbonyl (C=O) groups is 1. The van der Waals surface area contributed by atoms with Gasteiger partial charge in [-0.1, -0.05) is 5.92 Å². The van der Waals surface area contributed by atoms with Crippen LogP contribution < -0.4 is 10.2 Å². The SMILES string of the molecule is C#Cc1ccc(C(=O)N2C3CC2CN(c2ccc(-c4cc(/C(C=N)=C/NC)cn5ncc(C#N)c45)cn2)C3)cc1. The molecule has 196 valence electrons. The summed E-state index contributed by atoms with van der Waals surface area (Å²) in [5.41, 5.74) is 5.70. The van der Waals surface area contributed by atoms with Crippen molar-refractivity contribution in [3.63, 3.8) is 0 Å². The van der Waals surface area contributed by atoms with Gasteiger partial charge in [-0.2, -0.15) is 10.4 Å². The van der Waals surface area contributed by atoms with E-state index in [9.17, 15) is 10.1 Å². The average Bonchev–Trinajstić information content (AvgIpc) is 3.42. The van der Waals surface area contributed by atoms with Gasteiger partial charge in [0.05, 0.1) is 29.4 Å². The highest BCUT2D eigenvalue weighted by Crippen LogP contribution is 2.36. The molecule has 6 heterocycles. The second-order valence-electron chi connectivity index (χ2n) is 9.93. The maximum Gasteiger partial charge on any atom is 0.254 e. The van der Waals surface area contributed by atoms with Crippen LogP contribution in [0.5, 0.6) is 0 Å². The molecule has 2 bridgehead atoms. The number of hydrogen-bond donors (Lipinski definition) is 2. The number of pyridine rings is 2. The maximum atomic E-state index is 13.1. The molecule has 3 aliphatic heterocycles. The topological polar surface area (TPSA) is 113 Å². The van der Waals surface area contributed by atoms with Crippen LogP contribution in [0.25, 0.3) is 22.2 Å². The Morgan fingerprint density at radius 2 is 1.93 bits per heavy atom. The summed E-state index contributed by atoms with van der Waals surface area (Å²) < 4.78 is 1.67. The second kappa shape index (κ2) is 10.0. The van der Waals surface area contributed by atoms with Crippen LogP contribution in [-0.4, -0.2) is 63.8 Å². The van der Waals surface area contributed by atoms with Crippen molar-refractivity contribution in [2.75, 3.05) is 25.0 Å². The number of fused-ring (bicyclic) bond motifs is 3. The molecule has 7 rings (SSSR count). The number of nitrogens with one attached hydrogen (secondary N) is 2. The Bertz CT molecular complexity index is 1730. The Morgan fingerprint density at radius 1 is 1.15 bits per heavy atom. The number of nitrogens with zero attached hydrogens (tertiary/aromatic N) is 6. The zero-order valence-corrected chi connectivity index (χ0v) is 21.9. The lowest BCUT2D eigenvalue weighted by Gasteiger charge is -2.56. The first kappa shape index (κ1) is 24.9. The van der Waals surface area contributed by atoms with Gasteiger partial charge >= 0.3 is 0 Å². The Balaban J connectivity index is 1.25. The van der Waals surface area contributed by atoms with Crippen molar-refractivity contribution in [2.45, 2.75) is 18.5 Å². The fourth-order valence-electron chi connectivity index (χ4n) is 5.66. The van der Waals surface area contributed by atoms with Gasteiger partial charge in [0.1, 0.15) is 11.9 Å². The summed E-state index contributed by atoms with van der Waals surface area (Å²) in [6.07, 6.45) is 14.6. The normalized spacial score (nSPS) is 18.0. The highest BCUT2D eigenvalue weighted by atomic mass is 16.2. The van der Waals surface area contributed by atoms with E-state index in [1.807, 2.05) is 35.5 Å². The maximum absolute atomic E-state index is 13.1. The third-order valence-corrected chi connectivity index (χ3v) is 7.63. The van der Waals surface area contributed by atoms with Gasteiger partial charge in [0, 0.05) is 78.3 Å². The lowest BCUT2D eigenvalue weighted by Crippen LogP contribution is -2.70. The molecule has 1 aromatic carbocycles. The van der Waals surface area contributed by atoms with Crippen LogP contribution in [0, 0.1) is 29.1 Å². The Hall–Kier alpha value is -5.41. The van der Waals surface area contributed by atoms with E-state index < -0.39 is 0 Å².